The van der Waals surface area contributed by atoms with Crippen LogP contribution in [0.1, 0.15) is 24.6 Å². The van der Waals surface area contributed by atoms with Crippen LogP contribution in [-0.4, -0.2) is 28.7 Å². The van der Waals surface area contributed by atoms with Gasteiger partial charge in [0.25, 0.3) is 0 Å². The highest BCUT2D eigenvalue weighted by atomic mass is 16.7. The fourth-order valence-corrected chi connectivity index (χ4v) is 3.36. The average molecular weight is 339 g/mol. The monoisotopic (exact) mass is 339 g/mol. The number of aromatic nitrogens is 3. The molecule has 2 aromatic heterocycles. The minimum absolute atomic E-state index is 0.211. The minimum atomic E-state index is 0.211. The first kappa shape index (κ1) is 15.7. The van der Waals surface area contributed by atoms with Crippen molar-refractivity contribution in [2.45, 2.75) is 33.7 Å². The molecule has 130 valence electrons. The van der Waals surface area contributed by atoms with Gasteiger partial charge in [-0.1, -0.05) is 6.92 Å². The standard InChI is InChI=1S/C19H21N3O3/c1-5-6-22-19-17(12(3)21-22)11(2)7-14(20-19)13-8-15(23-4)18-16(9-13)24-10-25-18/h7-9H,5-6,10H2,1-4H3. The number of hydrogen-bond donors (Lipinski definition) is 0. The molecular formula is C19H21N3O3. The van der Waals surface area contributed by atoms with Crippen molar-refractivity contribution >= 4 is 11.0 Å². The molecule has 0 saturated heterocycles. The largest absolute Gasteiger partial charge is 0.493 e. The number of aryl methyl sites for hydroxylation is 3. The zero-order chi connectivity index (χ0) is 17.6. The van der Waals surface area contributed by atoms with Crippen LogP contribution in [0.15, 0.2) is 18.2 Å². The Hall–Kier alpha value is -2.76. The van der Waals surface area contributed by atoms with E-state index in [1.165, 1.54) is 0 Å². The zero-order valence-electron chi connectivity index (χ0n) is 14.9. The topological polar surface area (TPSA) is 58.4 Å². The van der Waals surface area contributed by atoms with Gasteiger partial charge in [-0.15, -0.1) is 0 Å². The van der Waals surface area contributed by atoms with E-state index in [9.17, 15) is 0 Å². The lowest BCUT2D eigenvalue weighted by Gasteiger charge is -2.10. The highest BCUT2D eigenvalue weighted by Crippen LogP contribution is 2.44. The summed E-state index contributed by atoms with van der Waals surface area (Å²) in [6.07, 6.45) is 1.01. The Morgan fingerprint density at radius 3 is 2.80 bits per heavy atom. The molecule has 0 N–H and O–H groups in total. The molecule has 0 amide bonds. The summed E-state index contributed by atoms with van der Waals surface area (Å²) in [6.45, 7) is 7.34. The Bertz CT molecular complexity index is 962. The van der Waals surface area contributed by atoms with E-state index in [1.54, 1.807) is 7.11 Å². The van der Waals surface area contributed by atoms with Crippen molar-refractivity contribution in [1.82, 2.24) is 14.8 Å². The van der Waals surface area contributed by atoms with Gasteiger partial charge in [0, 0.05) is 17.5 Å². The van der Waals surface area contributed by atoms with Crippen molar-refractivity contribution in [2.75, 3.05) is 13.9 Å². The molecule has 0 spiro atoms. The third kappa shape index (κ3) is 2.49. The summed E-state index contributed by atoms with van der Waals surface area (Å²) < 4.78 is 18.5. The van der Waals surface area contributed by atoms with Gasteiger partial charge in [0.2, 0.25) is 12.5 Å². The van der Waals surface area contributed by atoms with Crippen LogP contribution in [0.2, 0.25) is 0 Å². The summed E-state index contributed by atoms with van der Waals surface area (Å²) in [5, 5.41) is 5.78. The predicted octanol–water partition coefficient (Wildman–Crippen LogP) is 3.86. The Kier molecular flexibility index (Phi) is 3.75. The molecule has 3 heterocycles. The van der Waals surface area contributed by atoms with Crippen molar-refractivity contribution in [2.24, 2.45) is 0 Å². The average Bonchev–Trinajstić information content (AvgIpc) is 3.19. The molecule has 0 bridgehead atoms. The Morgan fingerprint density at radius 2 is 2.04 bits per heavy atom. The maximum absolute atomic E-state index is 5.54. The number of pyridine rings is 1. The van der Waals surface area contributed by atoms with Gasteiger partial charge in [0.05, 0.1) is 18.5 Å². The van der Waals surface area contributed by atoms with E-state index in [0.717, 1.165) is 46.5 Å². The maximum atomic E-state index is 5.54. The molecule has 1 aliphatic heterocycles. The second-order valence-electron chi connectivity index (χ2n) is 6.24. The minimum Gasteiger partial charge on any atom is -0.493 e. The quantitative estimate of drug-likeness (QED) is 0.722. The number of benzene rings is 1. The molecule has 6 nitrogen and oxygen atoms in total. The van der Waals surface area contributed by atoms with Gasteiger partial charge < -0.3 is 14.2 Å². The maximum Gasteiger partial charge on any atom is 0.231 e. The van der Waals surface area contributed by atoms with Crippen LogP contribution in [-0.2, 0) is 6.54 Å². The van der Waals surface area contributed by atoms with Gasteiger partial charge in [-0.3, -0.25) is 0 Å². The molecular weight excluding hydrogens is 318 g/mol. The molecule has 1 aromatic carbocycles. The third-order valence-electron chi connectivity index (χ3n) is 4.46. The van der Waals surface area contributed by atoms with Crippen LogP contribution in [0.3, 0.4) is 0 Å². The Morgan fingerprint density at radius 1 is 1.20 bits per heavy atom. The summed E-state index contributed by atoms with van der Waals surface area (Å²) in [5.74, 6) is 1.99. The SMILES string of the molecule is CCCn1nc(C)c2c(C)cc(-c3cc(OC)c4c(c3)OCO4)nc21. The zero-order valence-corrected chi connectivity index (χ0v) is 14.9. The lowest BCUT2D eigenvalue weighted by atomic mass is 10.1. The summed E-state index contributed by atoms with van der Waals surface area (Å²) in [4.78, 5) is 4.90. The normalized spacial score (nSPS) is 12.8. The van der Waals surface area contributed by atoms with E-state index in [1.807, 2.05) is 23.7 Å². The summed E-state index contributed by atoms with van der Waals surface area (Å²) in [5.41, 5.74) is 4.91. The van der Waals surface area contributed by atoms with E-state index in [2.05, 4.69) is 25.0 Å². The Labute approximate surface area is 146 Å². The van der Waals surface area contributed by atoms with Crippen molar-refractivity contribution < 1.29 is 14.2 Å². The Balaban J connectivity index is 1.91. The van der Waals surface area contributed by atoms with Crippen LogP contribution in [0.5, 0.6) is 17.2 Å². The van der Waals surface area contributed by atoms with Gasteiger partial charge >= 0.3 is 0 Å². The summed E-state index contributed by atoms with van der Waals surface area (Å²) >= 11 is 0. The van der Waals surface area contributed by atoms with Crippen LogP contribution < -0.4 is 14.2 Å². The molecule has 3 aromatic rings. The lowest BCUT2D eigenvalue weighted by Crippen LogP contribution is -2.01. The molecule has 4 rings (SSSR count). The van der Waals surface area contributed by atoms with E-state index in [-0.39, 0.29) is 6.79 Å². The van der Waals surface area contributed by atoms with E-state index < -0.39 is 0 Å². The fourth-order valence-electron chi connectivity index (χ4n) is 3.36. The molecule has 0 radical (unpaired) electrons. The first-order chi connectivity index (χ1) is 12.1. The van der Waals surface area contributed by atoms with Gasteiger partial charge in [-0.05, 0) is 44.0 Å². The molecule has 6 heteroatoms. The van der Waals surface area contributed by atoms with E-state index in [0.29, 0.717) is 17.2 Å². The molecule has 0 fully saturated rings. The molecule has 1 aliphatic rings. The number of hydrogen-bond acceptors (Lipinski definition) is 5. The highest BCUT2D eigenvalue weighted by Gasteiger charge is 2.22. The van der Waals surface area contributed by atoms with Gasteiger partial charge in [0.1, 0.15) is 0 Å². The fraction of sp³-hybridized carbons (Fsp3) is 0.368. The predicted molar refractivity (Wildman–Crippen MR) is 95.4 cm³/mol. The van der Waals surface area contributed by atoms with Crippen LogP contribution in [0.25, 0.3) is 22.3 Å². The highest BCUT2D eigenvalue weighted by molar-refractivity contribution is 5.85. The number of rotatable bonds is 4. The number of ether oxygens (including phenoxy) is 3. The van der Waals surface area contributed by atoms with Crippen LogP contribution >= 0.6 is 0 Å². The van der Waals surface area contributed by atoms with Gasteiger partial charge in [-0.25, -0.2) is 9.67 Å². The number of fused-ring (bicyclic) bond motifs is 2. The van der Waals surface area contributed by atoms with Gasteiger partial charge in [0.15, 0.2) is 17.1 Å². The summed E-state index contributed by atoms with van der Waals surface area (Å²) in [6, 6.07) is 5.98. The lowest BCUT2D eigenvalue weighted by molar-refractivity contribution is 0.171. The van der Waals surface area contributed by atoms with Crippen molar-refractivity contribution in [3.63, 3.8) is 0 Å². The molecule has 25 heavy (non-hydrogen) atoms. The first-order valence-electron chi connectivity index (χ1n) is 8.45. The first-order valence-corrected chi connectivity index (χ1v) is 8.45. The van der Waals surface area contributed by atoms with Crippen molar-refractivity contribution in [1.29, 1.82) is 0 Å². The van der Waals surface area contributed by atoms with E-state index in [4.69, 9.17) is 19.2 Å². The second-order valence-corrected chi connectivity index (χ2v) is 6.24. The molecule has 0 saturated carbocycles. The molecule has 0 unspecified atom stereocenters. The molecule has 0 aliphatic carbocycles. The molecule has 0 atom stereocenters. The number of nitrogens with zero attached hydrogens (tertiary/aromatic N) is 3. The number of methoxy groups -OCH3 is 1. The van der Waals surface area contributed by atoms with Crippen molar-refractivity contribution in [3.8, 4) is 28.5 Å². The van der Waals surface area contributed by atoms with Crippen LogP contribution in [0.4, 0.5) is 0 Å². The van der Waals surface area contributed by atoms with Crippen LogP contribution in [0, 0.1) is 13.8 Å². The van der Waals surface area contributed by atoms with Crippen molar-refractivity contribution in [3.05, 3.63) is 29.5 Å². The van der Waals surface area contributed by atoms with Gasteiger partial charge in [-0.2, -0.15) is 5.10 Å². The van der Waals surface area contributed by atoms with E-state index >= 15 is 0 Å². The second kappa shape index (κ2) is 5.95. The third-order valence-corrected chi connectivity index (χ3v) is 4.46. The summed E-state index contributed by atoms with van der Waals surface area (Å²) in [7, 11) is 1.63. The smallest absolute Gasteiger partial charge is 0.231 e.